The van der Waals surface area contributed by atoms with Crippen LogP contribution in [0.15, 0.2) is 16.8 Å². The SMILES string of the molecule is Cc1cc(Nc2nncc(N3CCCC(C)C3)n2)no1. The molecule has 1 aliphatic heterocycles. The lowest BCUT2D eigenvalue weighted by molar-refractivity contribution is 0.400. The van der Waals surface area contributed by atoms with E-state index in [0.717, 1.165) is 24.7 Å². The Morgan fingerprint density at radius 1 is 1.45 bits per heavy atom. The van der Waals surface area contributed by atoms with Gasteiger partial charge < -0.3 is 14.7 Å². The molecule has 2 aromatic rings. The van der Waals surface area contributed by atoms with Crippen molar-refractivity contribution in [1.82, 2.24) is 20.3 Å². The van der Waals surface area contributed by atoms with Gasteiger partial charge in [0.15, 0.2) is 11.6 Å². The molecule has 0 saturated carbocycles. The molecule has 106 valence electrons. The van der Waals surface area contributed by atoms with E-state index in [1.807, 2.05) is 6.92 Å². The summed E-state index contributed by atoms with van der Waals surface area (Å²) in [6.45, 7) is 6.13. The average Bonchev–Trinajstić information content (AvgIpc) is 2.84. The second kappa shape index (κ2) is 5.44. The van der Waals surface area contributed by atoms with Crippen LogP contribution >= 0.6 is 0 Å². The topological polar surface area (TPSA) is 80.0 Å². The van der Waals surface area contributed by atoms with Gasteiger partial charge in [0.1, 0.15) is 5.76 Å². The molecule has 0 aliphatic carbocycles. The lowest BCUT2D eigenvalue weighted by Crippen LogP contribution is -2.35. The van der Waals surface area contributed by atoms with Crippen LogP contribution < -0.4 is 10.2 Å². The van der Waals surface area contributed by atoms with Crippen molar-refractivity contribution < 1.29 is 4.52 Å². The van der Waals surface area contributed by atoms with Crippen molar-refractivity contribution in [3.05, 3.63) is 18.0 Å². The number of nitrogens with one attached hydrogen (secondary N) is 1. The Morgan fingerprint density at radius 2 is 2.35 bits per heavy atom. The highest BCUT2D eigenvalue weighted by molar-refractivity contribution is 5.49. The van der Waals surface area contributed by atoms with Crippen molar-refractivity contribution in [2.75, 3.05) is 23.3 Å². The molecule has 1 fully saturated rings. The smallest absolute Gasteiger partial charge is 0.250 e. The quantitative estimate of drug-likeness (QED) is 0.918. The zero-order valence-corrected chi connectivity index (χ0v) is 11.7. The molecule has 1 unspecified atom stereocenters. The van der Waals surface area contributed by atoms with Gasteiger partial charge >= 0.3 is 0 Å². The molecular weight excluding hydrogens is 256 g/mol. The maximum Gasteiger partial charge on any atom is 0.250 e. The van der Waals surface area contributed by atoms with Crippen LogP contribution in [0.25, 0.3) is 0 Å². The predicted octanol–water partition coefficient (Wildman–Crippen LogP) is 2.15. The van der Waals surface area contributed by atoms with Gasteiger partial charge in [-0.3, -0.25) is 0 Å². The van der Waals surface area contributed by atoms with E-state index in [1.54, 1.807) is 12.3 Å². The molecule has 1 N–H and O–H groups in total. The summed E-state index contributed by atoms with van der Waals surface area (Å²) in [5.74, 6) is 3.31. The summed E-state index contributed by atoms with van der Waals surface area (Å²) in [6.07, 6.45) is 4.17. The van der Waals surface area contributed by atoms with Crippen molar-refractivity contribution >= 4 is 17.6 Å². The fraction of sp³-hybridized carbons (Fsp3) is 0.538. The van der Waals surface area contributed by atoms with E-state index in [9.17, 15) is 0 Å². The first kappa shape index (κ1) is 12.8. The van der Waals surface area contributed by atoms with E-state index >= 15 is 0 Å². The zero-order valence-electron chi connectivity index (χ0n) is 11.7. The van der Waals surface area contributed by atoms with Gasteiger partial charge in [0, 0.05) is 19.2 Å². The molecule has 3 heterocycles. The molecule has 20 heavy (non-hydrogen) atoms. The lowest BCUT2D eigenvalue weighted by atomic mass is 10.0. The van der Waals surface area contributed by atoms with Crippen LogP contribution in [0.5, 0.6) is 0 Å². The maximum atomic E-state index is 5.00. The third-order valence-corrected chi connectivity index (χ3v) is 3.39. The van der Waals surface area contributed by atoms with Gasteiger partial charge in [-0.1, -0.05) is 12.1 Å². The van der Waals surface area contributed by atoms with E-state index < -0.39 is 0 Å². The van der Waals surface area contributed by atoms with Gasteiger partial charge in [-0.2, -0.15) is 10.1 Å². The Labute approximate surface area is 117 Å². The molecule has 0 amide bonds. The number of nitrogens with zero attached hydrogens (tertiary/aromatic N) is 5. The molecule has 0 radical (unpaired) electrons. The predicted molar refractivity (Wildman–Crippen MR) is 75.0 cm³/mol. The minimum absolute atomic E-state index is 0.439. The lowest BCUT2D eigenvalue weighted by Gasteiger charge is -2.31. The first-order chi connectivity index (χ1) is 9.70. The van der Waals surface area contributed by atoms with Gasteiger partial charge in [0.25, 0.3) is 0 Å². The third kappa shape index (κ3) is 2.87. The van der Waals surface area contributed by atoms with Crippen LogP contribution in [0.4, 0.5) is 17.6 Å². The minimum atomic E-state index is 0.439. The Kier molecular flexibility index (Phi) is 3.49. The van der Waals surface area contributed by atoms with Crippen molar-refractivity contribution in [3.63, 3.8) is 0 Å². The van der Waals surface area contributed by atoms with Gasteiger partial charge in [-0.05, 0) is 25.7 Å². The summed E-state index contributed by atoms with van der Waals surface area (Å²) < 4.78 is 5.00. The van der Waals surface area contributed by atoms with E-state index in [4.69, 9.17) is 4.52 Å². The summed E-state index contributed by atoms with van der Waals surface area (Å²) >= 11 is 0. The largest absolute Gasteiger partial charge is 0.360 e. The fourth-order valence-corrected chi connectivity index (χ4v) is 2.44. The van der Waals surface area contributed by atoms with Crippen LogP contribution in [0.1, 0.15) is 25.5 Å². The van der Waals surface area contributed by atoms with Crippen molar-refractivity contribution in [2.24, 2.45) is 5.92 Å². The summed E-state index contributed by atoms with van der Waals surface area (Å²) in [4.78, 5) is 6.75. The third-order valence-electron chi connectivity index (χ3n) is 3.39. The molecule has 0 aromatic carbocycles. The molecule has 0 spiro atoms. The van der Waals surface area contributed by atoms with Crippen molar-refractivity contribution in [1.29, 1.82) is 0 Å². The highest BCUT2D eigenvalue weighted by Gasteiger charge is 2.18. The van der Waals surface area contributed by atoms with Crippen molar-refractivity contribution in [2.45, 2.75) is 26.7 Å². The van der Waals surface area contributed by atoms with E-state index in [1.165, 1.54) is 12.8 Å². The number of hydrogen-bond donors (Lipinski definition) is 1. The summed E-state index contributed by atoms with van der Waals surface area (Å²) in [7, 11) is 0. The van der Waals surface area contributed by atoms with Gasteiger partial charge in [0.2, 0.25) is 5.95 Å². The summed E-state index contributed by atoms with van der Waals surface area (Å²) in [5, 5.41) is 14.8. The van der Waals surface area contributed by atoms with Crippen LogP contribution in [-0.2, 0) is 0 Å². The number of aromatic nitrogens is 4. The Balaban J connectivity index is 1.75. The van der Waals surface area contributed by atoms with Crippen LogP contribution in [-0.4, -0.2) is 33.4 Å². The van der Waals surface area contributed by atoms with Gasteiger partial charge in [-0.15, -0.1) is 5.10 Å². The Morgan fingerprint density at radius 3 is 3.10 bits per heavy atom. The van der Waals surface area contributed by atoms with E-state index in [2.05, 4.69) is 37.5 Å². The summed E-state index contributed by atoms with van der Waals surface area (Å²) in [6, 6.07) is 1.79. The second-order valence-corrected chi connectivity index (χ2v) is 5.28. The van der Waals surface area contributed by atoms with Crippen LogP contribution in [0.2, 0.25) is 0 Å². The molecule has 0 bridgehead atoms. The number of hydrogen-bond acceptors (Lipinski definition) is 7. The standard InChI is InChI=1S/C13H18N6O/c1-9-4-3-5-19(8-9)12-7-14-17-13(16-12)15-11-6-10(2)20-18-11/h6-7,9H,3-5,8H2,1-2H3,(H,15,16,17,18). The number of aryl methyl sites for hydroxylation is 1. The Hall–Kier alpha value is -2.18. The first-order valence-corrected chi connectivity index (χ1v) is 6.86. The fourth-order valence-electron chi connectivity index (χ4n) is 2.44. The minimum Gasteiger partial charge on any atom is -0.360 e. The zero-order chi connectivity index (χ0) is 13.9. The molecular formula is C13H18N6O. The molecule has 1 saturated heterocycles. The second-order valence-electron chi connectivity index (χ2n) is 5.28. The molecule has 7 nitrogen and oxygen atoms in total. The molecule has 1 aliphatic rings. The number of rotatable bonds is 3. The van der Waals surface area contributed by atoms with E-state index in [-0.39, 0.29) is 0 Å². The molecule has 3 rings (SSSR count). The van der Waals surface area contributed by atoms with Crippen LogP contribution in [0, 0.1) is 12.8 Å². The monoisotopic (exact) mass is 274 g/mol. The highest BCUT2D eigenvalue weighted by Crippen LogP contribution is 2.21. The Bertz CT molecular complexity index is 584. The van der Waals surface area contributed by atoms with Crippen molar-refractivity contribution in [3.8, 4) is 0 Å². The highest BCUT2D eigenvalue weighted by atomic mass is 16.5. The molecule has 2 aromatic heterocycles. The average molecular weight is 274 g/mol. The normalized spacial score (nSPS) is 19.1. The van der Waals surface area contributed by atoms with Gasteiger partial charge in [-0.25, -0.2) is 0 Å². The van der Waals surface area contributed by atoms with Crippen LogP contribution in [0.3, 0.4) is 0 Å². The maximum absolute atomic E-state index is 5.00. The molecule has 1 atom stereocenters. The summed E-state index contributed by atoms with van der Waals surface area (Å²) in [5.41, 5.74) is 0. The van der Waals surface area contributed by atoms with Gasteiger partial charge in [0.05, 0.1) is 6.20 Å². The van der Waals surface area contributed by atoms with E-state index in [0.29, 0.717) is 17.7 Å². The number of piperidine rings is 1. The molecule has 7 heteroatoms. The number of anilines is 3. The first-order valence-electron chi connectivity index (χ1n) is 6.86.